The Kier molecular flexibility index (Phi) is 7.47. The van der Waals surface area contributed by atoms with Crippen LogP contribution in [0, 0.1) is 15.5 Å². The first kappa shape index (κ1) is 28.7. The molecule has 1 aromatic carbocycles. The van der Waals surface area contributed by atoms with Gasteiger partial charge in [0.1, 0.15) is 11.9 Å². The van der Waals surface area contributed by atoms with Crippen LogP contribution in [0.3, 0.4) is 0 Å². The van der Waals surface area contributed by atoms with E-state index in [0.717, 1.165) is 63.6 Å². The Balaban J connectivity index is 0.896. The number of carbonyl (C=O) groups excluding carboxylic acids is 3. The van der Waals surface area contributed by atoms with Crippen molar-refractivity contribution in [2.45, 2.75) is 70.0 Å². The molecule has 4 aliphatic heterocycles. The predicted octanol–water partition coefficient (Wildman–Crippen LogP) is 3.10. The van der Waals surface area contributed by atoms with Crippen LogP contribution in [-0.2, 0) is 16.1 Å². The molecule has 2 aromatic rings. The summed E-state index contributed by atoms with van der Waals surface area (Å²) in [6, 6.07) is 10.7. The van der Waals surface area contributed by atoms with E-state index in [1.807, 2.05) is 24.3 Å². The van der Waals surface area contributed by atoms with Crippen molar-refractivity contribution in [2.24, 2.45) is 5.41 Å². The molecule has 1 aromatic heterocycles. The van der Waals surface area contributed by atoms with E-state index in [2.05, 4.69) is 20.0 Å². The van der Waals surface area contributed by atoms with Crippen LogP contribution in [-0.4, -0.2) is 88.8 Å². The Morgan fingerprint density at radius 1 is 0.841 bits per heavy atom. The first-order valence-electron chi connectivity index (χ1n) is 15.9. The van der Waals surface area contributed by atoms with Crippen molar-refractivity contribution < 1.29 is 19.3 Å². The number of nitro benzene ring substituents is 1. The second-order valence-electron chi connectivity index (χ2n) is 13.1. The monoisotopic (exact) mass is 601 g/mol. The van der Waals surface area contributed by atoms with Crippen molar-refractivity contribution in [1.29, 1.82) is 0 Å². The molecule has 44 heavy (non-hydrogen) atoms. The molecular formula is C32H39N7O5. The molecule has 0 bridgehead atoms. The molecule has 1 saturated carbocycles. The Morgan fingerprint density at radius 2 is 1.55 bits per heavy atom. The van der Waals surface area contributed by atoms with Gasteiger partial charge in [0, 0.05) is 69.6 Å². The number of hydrogen-bond acceptors (Lipinski definition) is 9. The molecule has 5 aliphatic rings. The lowest BCUT2D eigenvalue weighted by molar-refractivity contribution is -0.384. The van der Waals surface area contributed by atoms with Crippen LogP contribution >= 0.6 is 0 Å². The highest BCUT2D eigenvalue weighted by Crippen LogP contribution is 2.46. The zero-order valence-electron chi connectivity index (χ0n) is 24.9. The fraction of sp³-hybridized carbons (Fsp3) is 0.562. The number of pyridine rings is 1. The largest absolute Gasteiger partial charge is 0.369 e. The van der Waals surface area contributed by atoms with E-state index in [-0.39, 0.29) is 28.8 Å². The average Bonchev–Trinajstić information content (AvgIpc) is 3.37. The van der Waals surface area contributed by atoms with Crippen LogP contribution in [0.5, 0.6) is 0 Å². The van der Waals surface area contributed by atoms with Gasteiger partial charge in [0.05, 0.1) is 22.7 Å². The number of piperazine rings is 1. The summed E-state index contributed by atoms with van der Waals surface area (Å²) < 4.78 is 0. The lowest BCUT2D eigenvalue weighted by Crippen LogP contribution is -2.52. The summed E-state index contributed by atoms with van der Waals surface area (Å²) in [4.78, 5) is 61.4. The summed E-state index contributed by atoms with van der Waals surface area (Å²) >= 11 is 0. The molecule has 12 heteroatoms. The number of non-ortho nitro benzene ring substituents is 1. The highest BCUT2D eigenvalue weighted by atomic mass is 16.6. The summed E-state index contributed by atoms with van der Waals surface area (Å²) in [6.45, 7) is 6.14. The molecule has 12 nitrogen and oxygen atoms in total. The Morgan fingerprint density at radius 3 is 2.20 bits per heavy atom. The summed E-state index contributed by atoms with van der Waals surface area (Å²) in [7, 11) is 0. The number of piperidine rings is 2. The lowest BCUT2D eigenvalue weighted by Gasteiger charge is -2.49. The van der Waals surface area contributed by atoms with E-state index in [1.165, 1.54) is 25.7 Å². The van der Waals surface area contributed by atoms with E-state index in [1.54, 1.807) is 17.0 Å². The molecule has 1 atom stereocenters. The Labute approximate surface area is 256 Å². The van der Waals surface area contributed by atoms with Crippen molar-refractivity contribution in [2.75, 3.05) is 49.1 Å². The van der Waals surface area contributed by atoms with Crippen molar-refractivity contribution >= 4 is 34.9 Å². The SMILES string of the molecule is O=C1CCC(N2Cc3nc(N4CCC5(CCC(N6CCN(c7ccc([N+](=O)[O-])cc7)CC6)CC5)CC4)ccc3C2=O)C(=O)N1. The van der Waals surface area contributed by atoms with Gasteiger partial charge in [-0.3, -0.25) is 34.7 Å². The van der Waals surface area contributed by atoms with Gasteiger partial charge in [0.2, 0.25) is 11.8 Å². The number of aromatic nitrogens is 1. The standard InChI is InChI=1S/C32H39N7O5/c40-29-8-6-27(30(41)34-29)38-21-26-25(31(38)42)5-7-28(33-26)37-15-13-32(14-16-37)11-9-23(10-12-32)36-19-17-35(18-20-36)22-1-3-24(4-2-22)39(43)44/h1-5,7,23,27H,6,8-21H2,(H,34,40,41). The predicted molar refractivity (Wildman–Crippen MR) is 163 cm³/mol. The van der Waals surface area contributed by atoms with Crippen LogP contribution in [0.15, 0.2) is 36.4 Å². The van der Waals surface area contributed by atoms with E-state index in [4.69, 9.17) is 4.98 Å². The first-order chi connectivity index (χ1) is 21.3. The number of fused-ring (bicyclic) bond motifs is 1. The van der Waals surface area contributed by atoms with Gasteiger partial charge in [-0.05, 0) is 74.6 Å². The van der Waals surface area contributed by atoms with Crippen LogP contribution in [0.1, 0.15) is 67.4 Å². The molecule has 5 heterocycles. The highest BCUT2D eigenvalue weighted by molar-refractivity contribution is 6.05. The minimum absolute atomic E-state index is 0.132. The molecule has 3 saturated heterocycles. The number of imide groups is 1. The van der Waals surface area contributed by atoms with Crippen LogP contribution < -0.4 is 15.1 Å². The molecule has 1 aliphatic carbocycles. The Hall–Kier alpha value is -4.06. The van der Waals surface area contributed by atoms with Crippen molar-refractivity contribution in [3.05, 3.63) is 57.8 Å². The number of hydrogen-bond donors (Lipinski definition) is 1. The van der Waals surface area contributed by atoms with Gasteiger partial charge in [-0.15, -0.1) is 0 Å². The van der Waals surface area contributed by atoms with Crippen molar-refractivity contribution in [3.63, 3.8) is 0 Å². The molecule has 3 amide bonds. The van der Waals surface area contributed by atoms with Gasteiger partial charge < -0.3 is 14.7 Å². The third-order valence-electron chi connectivity index (χ3n) is 10.8. The van der Waals surface area contributed by atoms with Crippen LogP contribution in [0.2, 0.25) is 0 Å². The van der Waals surface area contributed by atoms with E-state index in [9.17, 15) is 24.5 Å². The third kappa shape index (κ3) is 5.40. The molecule has 4 fully saturated rings. The number of amides is 3. The van der Waals surface area contributed by atoms with Crippen LogP contribution in [0.25, 0.3) is 0 Å². The van der Waals surface area contributed by atoms with E-state index in [0.29, 0.717) is 35.7 Å². The zero-order valence-corrected chi connectivity index (χ0v) is 24.9. The molecule has 7 rings (SSSR count). The van der Waals surface area contributed by atoms with Crippen LogP contribution in [0.4, 0.5) is 17.2 Å². The smallest absolute Gasteiger partial charge is 0.269 e. The second kappa shape index (κ2) is 11.5. The molecule has 1 spiro atoms. The first-order valence-corrected chi connectivity index (χ1v) is 15.9. The van der Waals surface area contributed by atoms with Gasteiger partial charge in [-0.1, -0.05) is 0 Å². The van der Waals surface area contributed by atoms with Gasteiger partial charge in [0.15, 0.2) is 0 Å². The number of carbonyl (C=O) groups is 3. The summed E-state index contributed by atoms with van der Waals surface area (Å²) in [5.41, 5.74) is 2.85. The summed E-state index contributed by atoms with van der Waals surface area (Å²) in [5, 5.41) is 13.3. The Bertz CT molecular complexity index is 1450. The van der Waals surface area contributed by atoms with E-state index < -0.39 is 11.9 Å². The molecule has 232 valence electrons. The van der Waals surface area contributed by atoms with Gasteiger partial charge in [-0.2, -0.15) is 0 Å². The van der Waals surface area contributed by atoms with Gasteiger partial charge >= 0.3 is 0 Å². The normalized spacial score (nSPS) is 24.5. The maximum Gasteiger partial charge on any atom is 0.269 e. The molecule has 0 radical (unpaired) electrons. The molecular weight excluding hydrogens is 562 g/mol. The highest BCUT2D eigenvalue weighted by Gasteiger charge is 2.42. The number of anilines is 2. The number of nitro groups is 1. The minimum Gasteiger partial charge on any atom is -0.369 e. The number of rotatable bonds is 5. The van der Waals surface area contributed by atoms with Gasteiger partial charge in [-0.25, -0.2) is 4.98 Å². The maximum atomic E-state index is 13.0. The minimum atomic E-state index is -0.623. The molecule has 1 unspecified atom stereocenters. The number of nitrogens with one attached hydrogen (secondary N) is 1. The summed E-state index contributed by atoms with van der Waals surface area (Å²) in [6.07, 6.45) is 7.85. The van der Waals surface area contributed by atoms with E-state index >= 15 is 0 Å². The van der Waals surface area contributed by atoms with Crippen molar-refractivity contribution in [3.8, 4) is 0 Å². The third-order valence-corrected chi connectivity index (χ3v) is 10.8. The topological polar surface area (TPSA) is 132 Å². The second-order valence-corrected chi connectivity index (χ2v) is 13.1. The number of nitrogens with zero attached hydrogens (tertiary/aromatic N) is 6. The number of benzene rings is 1. The molecule has 1 N–H and O–H groups in total. The van der Waals surface area contributed by atoms with Crippen molar-refractivity contribution in [1.82, 2.24) is 20.1 Å². The van der Waals surface area contributed by atoms with Gasteiger partial charge in [0.25, 0.3) is 11.6 Å². The fourth-order valence-electron chi connectivity index (χ4n) is 8.02. The fourth-order valence-corrected chi connectivity index (χ4v) is 8.02. The zero-order chi connectivity index (χ0) is 30.4. The summed E-state index contributed by atoms with van der Waals surface area (Å²) in [5.74, 6) is 0.0295. The average molecular weight is 602 g/mol. The lowest BCUT2D eigenvalue weighted by atomic mass is 9.66. The quantitative estimate of drug-likeness (QED) is 0.312. The maximum absolute atomic E-state index is 13.0.